The molecule has 2 N–H and O–H groups in total. The third kappa shape index (κ3) is 6.79. The molecule has 0 saturated carbocycles. The summed E-state index contributed by atoms with van der Waals surface area (Å²) in [5.41, 5.74) is 3.05. The summed E-state index contributed by atoms with van der Waals surface area (Å²) in [6.45, 7) is 7.25. The lowest BCUT2D eigenvalue weighted by Crippen LogP contribution is -2.35. The Labute approximate surface area is 192 Å². The van der Waals surface area contributed by atoms with E-state index in [0.717, 1.165) is 17.7 Å². The highest BCUT2D eigenvalue weighted by Gasteiger charge is 2.22. The van der Waals surface area contributed by atoms with Crippen LogP contribution in [0.3, 0.4) is 0 Å². The van der Waals surface area contributed by atoms with Gasteiger partial charge in [0.05, 0.1) is 0 Å². The van der Waals surface area contributed by atoms with E-state index >= 15 is 4.39 Å². The molecule has 1 atom stereocenters. The van der Waals surface area contributed by atoms with Crippen molar-refractivity contribution in [2.45, 2.75) is 51.8 Å². The van der Waals surface area contributed by atoms with Crippen LogP contribution in [0.25, 0.3) is 0 Å². The molecule has 2 aliphatic carbocycles. The van der Waals surface area contributed by atoms with Crippen LogP contribution >= 0.6 is 11.9 Å². The fourth-order valence-electron chi connectivity index (χ4n) is 3.68. The summed E-state index contributed by atoms with van der Waals surface area (Å²) in [5, 5.41) is 3.07. The Bertz CT molecular complexity index is 911. The van der Waals surface area contributed by atoms with Crippen LogP contribution in [0.15, 0.2) is 53.6 Å². The standard InChI is InChI=1S/C23H30F3N5S/c1-15(2)31(13-18-6-4-5-16(3)11-18)22-20(24)21(28-14-29-22)27-12-17-7-9-19(10-8-17)30-32-23(25)26/h4-7,9,14-16,23,30H,8,10-13H2,1-3H3,(H,27,28,29). The zero-order valence-corrected chi connectivity index (χ0v) is 19.4. The third-order valence-electron chi connectivity index (χ3n) is 5.39. The second kappa shape index (κ2) is 11.4. The quantitative estimate of drug-likeness (QED) is 0.424. The van der Waals surface area contributed by atoms with Crippen molar-refractivity contribution in [1.82, 2.24) is 14.7 Å². The van der Waals surface area contributed by atoms with E-state index in [2.05, 4.69) is 45.2 Å². The van der Waals surface area contributed by atoms with Gasteiger partial charge in [-0.25, -0.2) is 9.97 Å². The molecule has 0 bridgehead atoms. The number of nitrogens with one attached hydrogen (secondary N) is 2. The molecule has 0 amide bonds. The van der Waals surface area contributed by atoms with Crippen LogP contribution < -0.4 is 14.9 Å². The summed E-state index contributed by atoms with van der Waals surface area (Å²) in [6.07, 6.45) is 13.6. The van der Waals surface area contributed by atoms with Gasteiger partial charge in [-0.3, -0.25) is 0 Å². The van der Waals surface area contributed by atoms with Gasteiger partial charge in [0.2, 0.25) is 5.82 Å². The van der Waals surface area contributed by atoms with E-state index in [-0.39, 0.29) is 17.7 Å². The molecule has 5 nitrogen and oxygen atoms in total. The van der Waals surface area contributed by atoms with Gasteiger partial charge in [0.1, 0.15) is 6.33 Å². The fraction of sp³-hybridized carbons (Fsp3) is 0.478. The smallest absolute Gasteiger partial charge is 0.302 e. The van der Waals surface area contributed by atoms with Gasteiger partial charge in [0, 0.05) is 36.8 Å². The monoisotopic (exact) mass is 465 g/mol. The summed E-state index contributed by atoms with van der Waals surface area (Å²) in [5.74, 6) is -2.01. The number of aromatic nitrogens is 2. The predicted octanol–water partition coefficient (Wildman–Crippen LogP) is 5.83. The van der Waals surface area contributed by atoms with E-state index in [4.69, 9.17) is 0 Å². The molecule has 0 radical (unpaired) electrons. The van der Waals surface area contributed by atoms with Crippen molar-refractivity contribution in [2.24, 2.45) is 5.92 Å². The Morgan fingerprint density at radius 1 is 1.16 bits per heavy atom. The van der Waals surface area contributed by atoms with Crippen molar-refractivity contribution in [3.8, 4) is 0 Å². The Balaban J connectivity index is 1.67. The fourth-order valence-corrected chi connectivity index (χ4v) is 4.09. The Hall–Kier alpha value is -2.42. The maximum atomic E-state index is 15.3. The molecule has 1 aromatic heterocycles. The summed E-state index contributed by atoms with van der Waals surface area (Å²) < 4.78 is 42.6. The maximum absolute atomic E-state index is 15.3. The minimum atomic E-state index is -2.46. The van der Waals surface area contributed by atoms with E-state index in [9.17, 15) is 8.78 Å². The Morgan fingerprint density at radius 2 is 1.97 bits per heavy atom. The molecule has 3 rings (SSSR count). The summed E-state index contributed by atoms with van der Waals surface area (Å²) in [6, 6.07) is 0.0672. The first-order valence-corrected chi connectivity index (χ1v) is 11.7. The lowest BCUT2D eigenvalue weighted by Gasteiger charge is -2.30. The van der Waals surface area contributed by atoms with Crippen LogP contribution in [0, 0.1) is 11.7 Å². The number of nitrogens with zero attached hydrogens (tertiary/aromatic N) is 3. The number of hydrogen-bond donors (Lipinski definition) is 2. The molecule has 1 unspecified atom stereocenters. The first kappa shape index (κ1) is 24.2. The number of allylic oxidation sites excluding steroid dienone is 6. The first-order valence-electron chi connectivity index (χ1n) is 10.8. The molecule has 1 heterocycles. The topological polar surface area (TPSA) is 53.1 Å². The summed E-state index contributed by atoms with van der Waals surface area (Å²) in [7, 11) is 0. The molecular formula is C23H30F3N5S. The highest BCUT2D eigenvalue weighted by atomic mass is 32.2. The van der Waals surface area contributed by atoms with Gasteiger partial charge in [-0.2, -0.15) is 13.2 Å². The molecule has 2 aliphatic rings. The number of alkyl halides is 2. The number of hydrogen-bond acceptors (Lipinski definition) is 6. The van der Waals surface area contributed by atoms with Gasteiger partial charge in [0.25, 0.3) is 0 Å². The van der Waals surface area contributed by atoms with Crippen LogP contribution in [0.5, 0.6) is 0 Å². The lowest BCUT2D eigenvalue weighted by molar-refractivity contribution is 0.251. The molecule has 0 aromatic carbocycles. The molecule has 0 saturated heterocycles. The zero-order chi connectivity index (χ0) is 23.1. The van der Waals surface area contributed by atoms with E-state index in [1.165, 1.54) is 11.9 Å². The summed E-state index contributed by atoms with van der Waals surface area (Å²) >= 11 is 0.395. The molecule has 0 fully saturated rings. The second-order valence-electron chi connectivity index (χ2n) is 8.32. The molecule has 1 aromatic rings. The van der Waals surface area contributed by atoms with Crippen LogP contribution in [-0.2, 0) is 0 Å². The maximum Gasteiger partial charge on any atom is 0.302 e. The highest BCUT2D eigenvalue weighted by molar-refractivity contribution is 7.97. The van der Waals surface area contributed by atoms with Gasteiger partial charge in [0.15, 0.2) is 11.6 Å². The second-order valence-corrected chi connectivity index (χ2v) is 9.12. The van der Waals surface area contributed by atoms with Crippen molar-refractivity contribution in [1.29, 1.82) is 0 Å². The van der Waals surface area contributed by atoms with Gasteiger partial charge in [-0.1, -0.05) is 42.4 Å². The molecule has 32 heavy (non-hydrogen) atoms. The molecule has 174 valence electrons. The van der Waals surface area contributed by atoms with Crippen LogP contribution in [0.1, 0.15) is 40.0 Å². The van der Waals surface area contributed by atoms with E-state index in [1.54, 1.807) is 6.08 Å². The molecule has 0 spiro atoms. The van der Waals surface area contributed by atoms with Gasteiger partial charge in [-0.05, 0) is 45.1 Å². The summed E-state index contributed by atoms with van der Waals surface area (Å²) in [4.78, 5) is 10.3. The van der Waals surface area contributed by atoms with Gasteiger partial charge < -0.3 is 14.9 Å². The van der Waals surface area contributed by atoms with E-state index in [1.807, 2.05) is 24.8 Å². The Morgan fingerprint density at radius 3 is 2.62 bits per heavy atom. The van der Waals surface area contributed by atoms with Gasteiger partial charge in [-0.15, -0.1) is 0 Å². The first-order chi connectivity index (χ1) is 15.3. The number of anilines is 2. The average Bonchev–Trinajstić information content (AvgIpc) is 2.76. The largest absolute Gasteiger partial charge is 0.364 e. The van der Waals surface area contributed by atoms with E-state index in [0.29, 0.717) is 43.8 Å². The van der Waals surface area contributed by atoms with Crippen molar-refractivity contribution >= 4 is 23.6 Å². The lowest BCUT2D eigenvalue weighted by atomic mass is 9.95. The number of halogens is 3. The van der Waals surface area contributed by atoms with Crippen molar-refractivity contribution in [2.75, 3.05) is 23.3 Å². The SMILES string of the molecule is CC1C=CC=C(CN(c2ncnc(NCC3=CC=C(NSC(F)F)CC3)c2F)C(C)C)C1. The van der Waals surface area contributed by atoms with E-state index < -0.39 is 11.6 Å². The molecule has 9 heteroatoms. The van der Waals surface area contributed by atoms with Gasteiger partial charge >= 0.3 is 5.76 Å². The van der Waals surface area contributed by atoms with Crippen molar-refractivity contribution in [3.05, 3.63) is 59.4 Å². The molecule has 0 aliphatic heterocycles. The molecular weight excluding hydrogens is 435 g/mol. The predicted molar refractivity (Wildman–Crippen MR) is 126 cm³/mol. The Kier molecular flexibility index (Phi) is 8.67. The third-order valence-corrected chi connectivity index (χ3v) is 5.95. The van der Waals surface area contributed by atoms with Crippen molar-refractivity contribution in [3.63, 3.8) is 0 Å². The average molecular weight is 466 g/mol. The van der Waals surface area contributed by atoms with Crippen molar-refractivity contribution < 1.29 is 13.2 Å². The van der Waals surface area contributed by atoms with Crippen LogP contribution in [0.4, 0.5) is 24.8 Å². The normalized spacial score (nSPS) is 18.4. The minimum absolute atomic E-state index is 0.0672. The van der Waals surface area contributed by atoms with Crippen LogP contribution in [-0.4, -0.2) is 34.9 Å². The highest BCUT2D eigenvalue weighted by Crippen LogP contribution is 2.27. The minimum Gasteiger partial charge on any atom is -0.364 e. The zero-order valence-electron chi connectivity index (χ0n) is 18.6. The van der Waals surface area contributed by atoms with Crippen LogP contribution in [0.2, 0.25) is 0 Å². The number of rotatable bonds is 10.